The normalized spacial score (nSPS) is 10.2. The van der Waals surface area contributed by atoms with Crippen molar-refractivity contribution in [3.63, 3.8) is 0 Å². The van der Waals surface area contributed by atoms with Crippen LogP contribution in [-0.4, -0.2) is 30.5 Å². The zero-order valence-corrected chi connectivity index (χ0v) is 11.3. The molecule has 0 unspecified atom stereocenters. The van der Waals surface area contributed by atoms with Crippen molar-refractivity contribution in [2.24, 2.45) is 0 Å². The number of hydrogen-bond acceptors (Lipinski definition) is 4. The van der Waals surface area contributed by atoms with Gasteiger partial charge in [0, 0.05) is 11.7 Å². The van der Waals surface area contributed by atoms with Crippen molar-refractivity contribution in [2.75, 3.05) is 19.4 Å². The van der Waals surface area contributed by atoms with E-state index in [4.69, 9.17) is 14.2 Å². The Morgan fingerprint density at radius 1 is 1.25 bits per heavy atom. The fraction of sp³-hybridized carbons (Fsp3) is 0.700. The summed E-state index contributed by atoms with van der Waals surface area (Å²) in [5.74, 6) is -0.935. The van der Waals surface area contributed by atoms with Gasteiger partial charge in [-0.2, -0.15) is 0 Å². The Hall–Kier alpha value is -0.640. The minimum Gasteiger partial charge on any atom is -0.478 e. The van der Waals surface area contributed by atoms with E-state index in [9.17, 15) is 9.36 Å². The first kappa shape index (κ1) is 17.7. The van der Waals surface area contributed by atoms with Crippen LogP contribution < -0.4 is 0 Å². The van der Waals surface area contributed by atoms with E-state index in [1.165, 1.54) is 6.92 Å². The predicted octanol–water partition coefficient (Wildman–Crippen LogP) is 2.92. The monoisotopic (exact) mass is 252 g/mol. The summed E-state index contributed by atoms with van der Waals surface area (Å²) in [7, 11) is -2.70. The van der Waals surface area contributed by atoms with E-state index >= 15 is 0 Å². The lowest BCUT2D eigenvalue weighted by molar-refractivity contribution is -0.132. The second kappa shape index (κ2) is 9.58. The lowest BCUT2D eigenvalue weighted by Crippen LogP contribution is -1.97. The Balaban J connectivity index is 0. The molecule has 16 heavy (non-hydrogen) atoms. The first-order valence-electron chi connectivity index (χ1n) is 5.09. The number of carbonyl (C=O) groups is 1. The van der Waals surface area contributed by atoms with Gasteiger partial charge >= 0.3 is 13.6 Å². The maximum absolute atomic E-state index is 11.3. The van der Waals surface area contributed by atoms with Crippen molar-refractivity contribution in [3.05, 3.63) is 12.2 Å². The lowest BCUT2D eigenvalue weighted by atomic mass is 10.4. The highest BCUT2D eigenvalue weighted by molar-refractivity contribution is 7.53. The molecule has 0 heterocycles. The molecule has 1 N–H and O–H groups in total. The molecule has 0 fully saturated rings. The highest BCUT2D eigenvalue weighted by atomic mass is 31.2. The highest BCUT2D eigenvalue weighted by Crippen LogP contribution is 2.47. The summed E-state index contributed by atoms with van der Waals surface area (Å²) in [5.41, 5.74) is 0.176. The van der Waals surface area contributed by atoms with Crippen molar-refractivity contribution >= 4 is 13.6 Å². The lowest BCUT2D eigenvalue weighted by Gasteiger charge is -2.13. The average molecular weight is 252 g/mol. The quantitative estimate of drug-likeness (QED) is 0.581. The van der Waals surface area contributed by atoms with Crippen molar-refractivity contribution in [1.82, 2.24) is 0 Å². The third-order valence-corrected chi connectivity index (χ3v) is 3.48. The third kappa shape index (κ3) is 9.90. The Labute approximate surface area is 97.0 Å². The van der Waals surface area contributed by atoms with E-state index in [1.807, 2.05) is 0 Å². The molecule has 0 atom stereocenters. The molecule has 0 aliphatic rings. The van der Waals surface area contributed by atoms with E-state index in [0.29, 0.717) is 19.4 Å². The summed E-state index contributed by atoms with van der Waals surface area (Å²) in [6.07, 6.45) is 0.453. The summed E-state index contributed by atoms with van der Waals surface area (Å²) in [5, 5.41) is 7.89. The first-order valence-corrected chi connectivity index (χ1v) is 6.82. The van der Waals surface area contributed by atoms with Crippen LogP contribution in [-0.2, 0) is 18.4 Å². The number of hydrogen-bond donors (Lipinski definition) is 1. The van der Waals surface area contributed by atoms with E-state index in [2.05, 4.69) is 6.58 Å². The molecular formula is C10H21O5P. The molecule has 0 spiro atoms. The van der Waals surface area contributed by atoms with Gasteiger partial charge in [0.2, 0.25) is 0 Å². The van der Waals surface area contributed by atoms with Crippen molar-refractivity contribution in [3.8, 4) is 0 Å². The molecule has 0 amide bonds. The Kier molecular flexibility index (Phi) is 10.6. The fourth-order valence-corrected chi connectivity index (χ4v) is 1.84. The van der Waals surface area contributed by atoms with Crippen LogP contribution in [0, 0.1) is 0 Å². The van der Waals surface area contributed by atoms with Gasteiger partial charge < -0.3 is 14.2 Å². The predicted molar refractivity (Wildman–Crippen MR) is 63.8 cm³/mol. The van der Waals surface area contributed by atoms with Gasteiger partial charge in [-0.1, -0.05) is 13.5 Å². The van der Waals surface area contributed by atoms with E-state index < -0.39 is 13.6 Å². The molecule has 5 nitrogen and oxygen atoms in total. The van der Waals surface area contributed by atoms with Crippen LogP contribution in [0.3, 0.4) is 0 Å². The molecule has 0 saturated carbocycles. The van der Waals surface area contributed by atoms with Gasteiger partial charge in [-0.05, 0) is 20.8 Å². The Bertz CT molecular complexity index is 240. The summed E-state index contributed by atoms with van der Waals surface area (Å²) in [6, 6.07) is 0. The molecule has 96 valence electrons. The molecule has 0 rings (SSSR count). The molecule has 0 saturated heterocycles. The van der Waals surface area contributed by atoms with Crippen LogP contribution in [0.15, 0.2) is 12.2 Å². The molecule has 0 radical (unpaired) electrons. The molecule has 0 aliphatic carbocycles. The van der Waals surface area contributed by atoms with Gasteiger partial charge in [-0.15, -0.1) is 0 Å². The van der Waals surface area contributed by atoms with Crippen molar-refractivity contribution < 1.29 is 23.5 Å². The zero-order chi connectivity index (χ0) is 13.2. The van der Waals surface area contributed by atoms with Crippen LogP contribution >= 0.6 is 7.60 Å². The number of rotatable bonds is 6. The Morgan fingerprint density at radius 3 is 1.69 bits per heavy atom. The first-order chi connectivity index (χ1) is 7.32. The molecule has 0 bridgehead atoms. The standard InChI is InChI=1S/C6H15O3P.C4H6O2/c1-4-8-10(7,6-3)9-5-2;1-3(2)4(5)6/h4-6H2,1-3H3;1H2,2H3,(H,5,6). The summed E-state index contributed by atoms with van der Waals surface area (Å²) in [6.45, 7) is 10.9. The third-order valence-electron chi connectivity index (χ3n) is 1.40. The van der Waals surface area contributed by atoms with Gasteiger partial charge in [0.1, 0.15) is 0 Å². The summed E-state index contributed by atoms with van der Waals surface area (Å²) < 4.78 is 21.2. The van der Waals surface area contributed by atoms with Gasteiger partial charge in [0.05, 0.1) is 13.2 Å². The van der Waals surface area contributed by atoms with Crippen molar-refractivity contribution in [2.45, 2.75) is 27.7 Å². The number of carboxylic acid groups (broad SMARTS) is 1. The maximum atomic E-state index is 11.3. The molecule has 0 aromatic carbocycles. The van der Waals surface area contributed by atoms with Crippen LogP contribution in [0.5, 0.6) is 0 Å². The maximum Gasteiger partial charge on any atom is 0.330 e. The van der Waals surface area contributed by atoms with Crippen LogP contribution in [0.1, 0.15) is 27.7 Å². The van der Waals surface area contributed by atoms with Crippen LogP contribution in [0.4, 0.5) is 0 Å². The molecule has 0 aromatic rings. The van der Waals surface area contributed by atoms with Crippen molar-refractivity contribution in [1.29, 1.82) is 0 Å². The molecule has 0 aromatic heterocycles. The number of carboxylic acids is 1. The van der Waals surface area contributed by atoms with Gasteiger partial charge in [-0.25, -0.2) is 4.79 Å². The topological polar surface area (TPSA) is 72.8 Å². The van der Waals surface area contributed by atoms with E-state index in [1.54, 1.807) is 20.8 Å². The van der Waals surface area contributed by atoms with Crippen LogP contribution in [0.25, 0.3) is 0 Å². The molecule has 6 heteroatoms. The summed E-state index contributed by atoms with van der Waals surface area (Å²) >= 11 is 0. The second-order valence-corrected chi connectivity index (χ2v) is 5.22. The van der Waals surface area contributed by atoms with Gasteiger partial charge in [-0.3, -0.25) is 4.57 Å². The zero-order valence-electron chi connectivity index (χ0n) is 10.4. The van der Waals surface area contributed by atoms with Gasteiger partial charge in [0.15, 0.2) is 0 Å². The minimum atomic E-state index is -2.70. The average Bonchev–Trinajstić information content (AvgIpc) is 2.19. The minimum absolute atomic E-state index is 0.176. The van der Waals surface area contributed by atoms with Gasteiger partial charge in [0.25, 0.3) is 0 Å². The molecule has 0 aliphatic heterocycles. The summed E-state index contributed by atoms with van der Waals surface area (Å²) in [4.78, 5) is 9.60. The highest BCUT2D eigenvalue weighted by Gasteiger charge is 2.19. The van der Waals surface area contributed by atoms with Crippen LogP contribution in [0.2, 0.25) is 0 Å². The molecular weight excluding hydrogens is 231 g/mol. The SMILES string of the molecule is C=C(C)C(=O)O.CCOP(=O)(CC)OCC. The number of aliphatic carboxylic acids is 1. The Morgan fingerprint density at radius 2 is 1.56 bits per heavy atom. The smallest absolute Gasteiger partial charge is 0.330 e. The van der Waals surface area contributed by atoms with E-state index in [0.717, 1.165) is 0 Å². The van der Waals surface area contributed by atoms with E-state index in [-0.39, 0.29) is 5.57 Å². The fourth-order valence-electron chi connectivity index (χ4n) is 0.613. The largest absolute Gasteiger partial charge is 0.478 e. The second-order valence-electron chi connectivity index (χ2n) is 2.85.